The van der Waals surface area contributed by atoms with E-state index in [9.17, 15) is 4.79 Å². The predicted molar refractivity (Wildman–Crippen MR) is 95.6 cm³/mol. The Hall–Kier alpha value is -2.05. The first kappa shape index (κ1) is 17.8. The predicted octanol–water partition coefficient (Wildman–Crippen LogP) is 3.58. The Morgan fingerprint density at radius 3 is 2.68 bits per heavy atom. The van der Waals surface area contributed by atoms with Crippen LogP contribution in [0.3, 0.4) is 0 Å². The minimum Gasteiger partial charge on any atom is -0.450 e. The monoisotopic (exact) mass is 363 g/mol. The number of carbonyl (C=O) groups excluding carboxylic acids is 1. The molecular weight excluding hydrogens is 342 g/mol. The average Bonchev–Trinajstić information content (AvgIpc) is 2.96. The van der Waals surface area contributed by atoms with E-state index in [-0.39, 0.29) is 6.09 Å². The molecule has 1 aromatic carbocycles. The van der Waals surface area contributed by atoms with E-state index in [1.165, 1.54) is 0 Å². The molecule has 1 saturated heterocycles. The van der Waals surface area contributed by atoms with Gasteiger partial charge in [-0.25, -0.2) is 9.78 Å². The third-order valence-corrected chi connectivity index (χ3v) is 4.60. The second kappa shape index (κ2) is 7.89. The summed E-state index contributed by atoms with van der Waals surface area (Å²) in [4.78, 5) is 20.4. The van der Waals surface area contributed by atoms with Crippen LogP contribution in [0.1, 0.15) is 18.4 Å². The van der Waals surface area contributed by atoms with Crippen LogP contribution in [0.5, 0.6) is 0 Å². The first-order chi connectivity index (χ1) is 12.1. The maximum Gasteiger partial charge on any atom is 0.409 e. The summed E-state index contributed by atoms with van der Waals surface area (Å²) in [5.41, 5.74) is 1.70. The standard InChI is InChI=1S/C18H22ClN3O3/c1-3-24-18(23)22-10-8-21(9-11-22)12-16-13(2)25-17(20-16)14-6-4-5-7-15(14)19/h4-7H,3,8-12H2,1-2H3. The van der Waals surface area contributed by atoms with Crippen LogP contribution in [0.4, 0.5) is 4.79 Å². The molecule has 0 atom stereocenters. The molecule has 2 aromatic rings. The summed E-state index contributed by atoms with van der Waals surface area (Å²) in [5.74, 6) is 1.34. The van der Waals surface area contributed by atoms with Crippen LogP contribution >= 0.6 is 11.6 Å². The molecule has 1 aromatic heterocycles. The highest BCUT2D eigenvalue weighted by Gasteiger charge is 2.23. The van der Waals surface area contributed by atoms with Gasteiger partial charge in [0.2, 0.25) is 5.89 Å². The van der Waals surface area contributed by atoms with Crippen LogP contribution in [0, 0.1) is 6.92 Å². The molecule has 0 aliphatic carbocycles. The lowest BCUT2D eigenvalue weighted by atomic mass is 10.2. The fourth-order valence-electron chi connectivity index (χ4n) is 2.84. The second-order valence-corrected chi connectivity index (χ2v) is 6.37. The van der Waals surface area contributed by atoms with Crippen LogP contribution in [0.2, 0.25) is 5.02 Å². The number of aromatic nitrogens is 1. The van der Waals surface area contributed by atoms with E-state index in [0.29, 0.717) is 37.2 Å². The van der Waals surface area contributed by atoms with E-state index >= 15 is 0 Å². The van der Waals surface area contributed by atoms with Gasteiger partial charge in [-0.3, -0.25) is 4.90 Å². The first-order valence-corrected chi connectivity index (χ1v) is 8.81. The molecule has 0 saturated carbocycles. The van der Waals surface area contributed by atoms with Crippen molar-refractivity contribution in [2.24, 2.45) is 0 Å². The first-order valence-electron chi connectivity index (χ1n) is 8.43. The van der Waals surface area contributed by atoms with Gasteiger partial charge >= 0.3 is 6.09 Å². The lowest BCUT2D eigenvalue weighted by molar-refractivity contribution is 0.0774. The smallest absolute Gasteiger partial charge is 0.409 e. The van der Waals surface area contributed by atoms with Crippen molar-refractivity contribution in [2.45, 2.75) is 20.4 Å². The van der Waals surface area contributed by atoms with Crippen LogP contribution < -0.4 is 0 Å². The highest BCUT2D eigenvalue weighted by molar-refractivity contribution is 6.33. The van der Waals surface area contributed by atoms with Crippen molar-refractivity contribution in [2.75, 3.05) is 32.8 Å². The van der Waals surface area contributed by atoms with Gasteiger partial charge in [-0.2, -0.15) is 0 Å². The fraction of sp³-hybridized carbons (Fsp3) is 0.444. The van der Waals surface area contributed by atoms with Crippen LogP contribution in [0.15, 0.2) is 28.7 Å². The zero-order valence-corrected chi connectivity index (χ0v) is 15.3. The summed E-state index contributed by atoms with van der Waals surface area (Å²) >= 11 is 6.22. The topological polar surface area (TPSA) is 58.8 Å². The third-order valence-electron chi connectivity index (χ3n) is 4.27. The lowest BCUT2D eigenvalue weighted by Crippen LogP contribution is -2.48. The SMILES string of the molecule is CCOC(=O)N1CCN(Cc2nc(-c3ccccc3Cl)oc2C)CC1. The van der Waals surface area contributed by atoms with Gasteiger partial charge in [-0.15, -0.1) is 0 Å². The van der Waals surface area contributed by atoms with E-state index in [1.807, 2.05) is 38.1 Å². The van der Waals surface area contributed by atoms with Crippen molar-refractivity contribution in [3.05, 3.63) is 40.7 Å². The number of oxazole rings is 1. The Morgan fingerprint density at radius 2 is 2.00 bits per heavy atom. The molecule has 7 heteroatoms. The molecule has 3 rings (SSSR count). The highest BCUT2D eigenvalue weighted by Crippen LogP contribution is 2.28. The van der Waals surface area contributed by atoms with Gasteiger partial charge in [0.15, 0.2) is 0 Å². The van der Waals surface area contributed by atoms with E-state index in [2.05, 4.69) is 9.88 Å². The largest absolute Gasteiger partial charge is 0.450 e. The Bertz CT molecular complexity index is 739. The number of hydrogen-bond acceptors (Lipinski definition) is 5. The van der Waals surface area contributed by atoms with Crippen molar-refractivity contribution in [3.8, 4) is 11.5 Å². The molecule has 2 heterocycles. The minimum atomic E-state index is -0.235. The molecule has 0 radical (unpaired) electrons. The third kappa shape index (κ3) is 4.14. The molecule has 6 nitrogen and oxygen atoms in total. The summed E-state index contributed by atoms with van der Waals surface area (Å²) < 4.78 is 10.9. The maximum absolute atomic E-state index is 11.8. The van der Waals surface area contributed by atoms with Gasteiger partial charge in [0.25, 0.3) is 0 Å². The van der Waals surface area contributed by atoms with E-state index < -0.39 is 0 Å². The van der Waals surface area contributed by atoms with Gasteiger partial charge in [0, 0.05) is 32.7 Å². The highest BCUT2D eigenvalue weighted by atomic mass is 35.5. The van der Waals surface area contributed by atoms with Crippen LogP contribution in [-0.4, -0.2) is 53.7 Å². The quantitative estimate of drug-likeness (QED) is 0.831. The summed E-state index contributed by atoms with van der Waals surface area (Å²) in [5, 5.41) is 0.623. The average molecular weight is 364 g/mol. The summed E-state index contributed by atoms with van der Waals surface area (Å²) in [7, 11) is 0. The molecule has 0 N–H and O–H groups in total. The van der Waals surface area contributed by atoms with Gasteiger partial charge < -0.3 is 14.1 Å². The summed E-state index contributed by atoms with van der Waals surface area (Å²) in [6.45, 7) is 7.72. The number of hydrogen-bond donors (Lipinski definition) is 0. The van der Waals surface area contributed by atoms with Gasteiger partial charge in [0.1, 0.15) is 5.76 Å². The zero-order chi connectivity index (χ0) is 17.8. The zero-order valence-electron chi connectivity index (χ0n) is 14.5. The number of piperazine rings is 1. The van der Waals surface area contributed by atoms with Crippen molar-refractivity contribution in [3.63, 3.8) is 0 Å². The molecule has 1 aliphatic rings. The maximum atomic E-state index is 11.8. The lowest BCUT2D eigenvalue weighted by Gasteiger charge is -2.33. The van der Waals surface area contributed by atoms with E-state index in [0.717, 1.165) is 30.1 Å². The fourth-order valence-corrected chi connectivity index (χ4v) is 3.06. The number of rotatable bonds is 4. The number of ether oxygens (including phenoxy) is 1. The molecule has 25 heavy (non-hydrogen) atoms. The number of halogens is 1. The molecular formula is C18H22ClN3O3. The molecule has 1 aliphatic heterocycles. The molecule has 0 spiro atoms. The molecule has 1 amide bonds. The molecule has 134 valence electrons. The Labute approximate surface area is 152 Å². The van der Waals surface area contributed by atoms with Crippen molar-refractivity contribution in [1.82, 2.24) is 14.8 Å². The van der Waals surface area contributed by atoms with E-state index in [1.54, 1.807) is 4.90 Å². The van der Waals surface area contributed by atoms with E-state index in [4.69, 9.17) is 20.8 Å². The molecule has 0 bridgehead atoms. The number of carbonyl (C=O) groups is 1. The summed E-state index contributed by atoms with van der Waals surface area (Å²) in [6.07, 6.45) is -0.235. The minimum absolute atomic E-state index is 0.235. The number of benzene rings is 1. The van der Waals surface area contributed by atoms with Crippen LogP contribution in [0.25, 0.3) is 11.5 Å². The Balaban J connectivity index is 1.63. The van der Waals surface area contributed by atoms with Crippen molar-refractivity contribution < 1.29 is 13.9 Å². The number of aryl methyl sites for hydroxylation is 1. The van der Waals surface area contributed by atoms with Crippen molar-refractivity contribution >= 4 is 17.7 Å². The normalized spacial score (nSPS) is 15.4. The summed E-state index contributed by atoms with van der Waals surface area (Å²) in [6, 6.07) is 7.51. The molecule has 1 fully saturated rings. The van der Waals surface area contributed by atoms with Crippen molar-refractivity contribution in [1.29, 1.82) is 0 Å². The van der Waals surface area contributed by atoms with Gasteiger partial charge in [-0.05, 0) is 26.0 Å². The number of nitrogens with zero attached hydrogens (tertiary/aromatic N) is 3. The van der Waals surface area contributed by atoms with Crippen LogP contribution in [-0.2, 0) is 11.3 Å². The number of amides is 1. The Kier molecular flexibility index (Phi) is 5.60. The Morgan fingerprint density at radius 1 is 1.28 bits per heavy atom. The van der Waals surface area contributed by atoms with Gasteiger partial charge in [0.05, 0.1) is 22.9 Å². The second-order valence-electron chi connectivity index (χ2n) is 5.96. The van der Waals surface area contributed by atoms with Gasteiger partial charge in [-0.1, -0.05) is 23.7 Å². The molecule has 0 unspecified atom stereocenters.